The van der Waals surface area contributed by atoms with Crippen LogP contribution < -0.4 is 9.47 Å². The number of aliphatic hydroxyl groups is 1. The average Bonchev–Trinajstić information content (AvgIpc) is 2.45. The van der Waals surface area contributed by atoms with Crippen molar-refractivity contribution in [3.63, 3.8) is 0 Å². The van der Waals surface area contributed by atoms with Gasteiger partial charge >= 0.3 is 0 Å². The number of hydrogen-bond acceptors (Lipinski definition) is 4. The zero-order chi connectivity index (χ0) is 13.8. The van der Waals surface area contributed by atoms with E-state index in [2.05, 4.69) is 4.98 Å². The maximum absolute atomic E-state index is 13.2. The van der Waals surface area contributed by atoms with E-state index in [1.54, 1.807) is 18.2 Å². The number of ether oxygens (including phenoxy) is 2. The van der Waals surface area contributed by atoms with E-state index in [1.165, 1.54) is 26.5 Å². The number of rotatable bonds is 4. The minimum absolute atomic E-state index is 0.336. The first-order valence-electron chi connectivity index (χ1n) is 5.66. The maximum Gasteiger partial charge on any atom is 0.141 e. The summed E-state index contributed by atoms with van der Waals surface area (Å²) in [4.78, 5) is 3.73. The fourth-order valence-electron chi connectivity index (χ4n) is 1.89. The van der Waals surface area contributed by atoms with Crippen LogP contribution in [0.1, 0.15) is 17.2 Å². The first-order valence-corrected chi connectivity index (χ1v) is 5.66. The SMILES string of the molecule is COc1cccc(OC)c1C(O)c1cncc(F)c1. The lowest BCUT2D eigenvalue weighted by molar-refractivity contribution is 0.208. The van der Waals surface area contributed by atoms with Crippen LogP contribution in [0.4, 0.5) is 4.39 Å². The van der Waals surface area contributed by atoms with Gasteiger partial charge in [-0.2, -0.15) is 0 Å². The summed E-state index contributed by atoms with van der Waals surface area (Å²) >= 11 is 0. The van der Waals surface area contributed by atoms with Crippen LogP contribution in [0.5, 0.6) is 11.5 Å². The Morgan fingerprint density at radius 3 is 2.32 bits per heavy atom. The second-order valence-corrected chi connectivity index (χ2v) is 3.92. The number of pyridine rings is 1. The van der Waals surface area contributed by atoms with Gasteiger partial charge in [0.05, 0.1) is 26.0 Å². The van der Waals surface area contributed by atoms with Crippen LogP contribution in [0, 0.1) is 5.82 Å². The smallest absolute Gasteiger partial charge is 0.141 e. The van der Waals surface area contributed by atoms with Gasteiger partial charge in [0, 0.05) is 11.8 Å². The molecule has 1 unspecified atom stereocenters. The third-order valence-electron chi connectivity index (χ3n) is 2.78. The largest absolute Gasteiger partial charge is 0.496 e. The minimum atomic E-state index is -1.07. The lowest BCUT2D eigenvalue weighted by Crippen LogP contribution is -2.05. The second-order valence-electron chi connectivity index (χ2n) is 3.92. The molecule has 1 aromatic heterocycles. The van der Waals surface area contributed by atoms with Crippen LogP contribution in [0.3, 0.4) is 0 Å². The Hall–Kier alpha value is -2.14. The summed E-state index contributed by atoms with van der Waals surface area (Å²) in [5.41, 5.74) is 0.780. The van der Waals surface area contributed by atoms with Gasteiger partial charge in [0.25, 0.3) is 0 Å². The highest BCUT2D eigenvalue weighted by molar-refractivity contribution is 5.49. The van der Waals surface area contributed by atoms with E-state index in [-0.39, 0.29) is 0 Å². The summed E-state index contributed by atoms with van der Waals surface area (Å²) in [6.07, 6.45) is 1.41. The molecule has 5 heteroatoms. The van der Waals surface area contributed by atoms with Crippen molar-refractivity contribution in [2.75, 3.05) is 14.2 Å². The number of nitrogens with zero attached hydrogens (tertiary/aromatic N) is 1. The maximum atomic E-state index is 13.2. The Morgan fingerprint density at radius 1 is 1.16 bits per heavy atom. The van der Waals surface area contributed by atoms with Crippen LogP contribution in [0.15, 0.2) is 36.7 Å². The molecule has 100 valence electrons. The number of halogens is 1. The third-order valence-corrected chi connectivity index (χ3v) is 2.78. The summed E-state index contributed by atoms with van der Waals surface area (Å²) in [6.45, 7) is 0. The van der Waals surface area contributed by atoms with E-state index in [1.807, 2.05) is 0 Å². The molecule has 0 radical (unpaired) electrons. The molecule has 1 aromatic carbocycles. The molecule has 0 aliphatic rings. The molecule has 0 spiro atoms. The van der Waals surface area contributed by atoms with E-state index in [0.717, 1.165) is 6.20 Å². The van der Waals surface area contributed by atoms with Crippen molar-refractivity contribution in [3.8, 4) is 11.5 Å². The van der Waals surface area contributed by atoms with Crippen molar-refractivity contribution >= 4 is 0 Å². The quantitative estimate of drug-likeness (QED) is 0.919. The third kappa shape index (κ3) is 2.66. The van der Waals surface area contributed by atoms with Crippen molar-refractivity contribution in [3.05, 3.63) is 53.6 Å². The fraction of sp³-hybridized carbons (Fsp3) is 0.214. The normalized spacial score (nSPS) is 12.0. The molecule has 1 atom stereocenters. The summed E-state index contributed by atoms with van der Waals surface area (Å²) < 4.78 is 23.6. The van der Waals surface area contributed by atoms with Gasteiger partial charge in [0.2, 0.25) is 0 Å². The zero-order valence-electron chi connectivity index (χ0n) is 10.6. The van der Waals surface area contributed by atoms with E-state index in [4.69, 9.17) is 9.47 Å². The molecule has 0 aliphatic heterocycles. The molecule has 2 aromatic rings. The highest BCUT2D eigenvalue weighted by atomic mass is 19.1. The topological polar surface area (TPSA) is 51.6 Å². The molecule has 0 amide bonds. The van der Waals surface area contributed by atoms with Crippen molar-refractivity contribution < 1.29 is 19.0 Å². The van der Waals surface area contributed by atoms with Crippen LogP contribution in [-0.2, 0) is 0 Å². The van der Waals surface area contributed by atoms with Gasteiger partial charge in [-0.15, -0.1) is 0 Å². The first kappa shape index (κ1) is 13.3. The van der Waals surface area contributed by atoms with Gasteiger partial charge < -0.3 is 14.6 Å². The number of aliphatic hydroxyl groups excluding tert-OH is 1. The van der Waals surface area contributed by atoms with Crippen LogP contribution in [-0.4, -0.2) is 24.3 Å². The highest BCUT2D eigenvalue weighted by Gasteiger charge is 2.21. The summed E-state index contributed by atoms with van der Waals surface area (Å²) in [7, 11) is 2.99. The zero-order valence-corrected chi connectivity index (χ0v) is 10.6. The van der Waals surface area contributed by atoms with E-state index < -0.39 is 11.9 Å². The summed E-state index contributed by atoms with van der Waals surface area (Å²) in [5, 5.41) is 10.4. The van der Waals surface area contributed by atoms with Crippen molar-refractivity contribution in [1.82, 2.24) is 4.98 Å². The molecule has 0 saturated heterocycles. The number of benzene rings is 1. The Bertz CT molecular complexity index is 552. The Balaban J connectivity index is 2.51. The predicted molar refractivity (Wildman–Crippen MR) is 67.8 cm³/mol. The van der Waals surface area contributed by atoms with Gasteiger partial charge in [0.1, 0.15) is 23.4 Å². The molecule has 1 heterocycles. The summed E-state index contributed by atoms with van der Waals surface area (Å²) in [6, 6.07) is 6.38. The van der Waals surface area contributed by atoms with Gasteiger partial charge in [0.15, 0.2) is 0 Å². The molecule has 19 heavy (non-hydrogen) atoms. The van der Waals surface area contributed by atoms with E-state index >= 15 is 0 Å². The number of hydrogen-bond donors (Lipinski definition) is 1. The average molecular weight is 263 g/mol. The van der Waals surface area contributed by atoms with Gasteiger partial charge in [-0.25, -0.2) is 4.39 Å². The molecule has 0 aliphatic carbocycles. The molecule has 4 nitrogen and oxygen atoms in total. The molecule has 2 rings (SSSR count). The Morgan fingerprint density at radius 2 is 1.79 bits per heavy atom. The van der Waals surface area contributed by atoms with Crippen LogP contribution in [0.25, 0.3) is 0 Å². The molecule has 0 fully saturated rings. The molecule has 1 N–H and O–H groups in total. The first-order chi connectivity index (χ1) is 9.17. The van der Waals surface area contributed by atoms with Crippen LogP contribution >= 0.6 is 0 Å². The van der Waals surface area contributed by atoms with E-state index in [0.29, 0.717) is 22.6 Å². The lowest BCUT2D eigenvalue weighted by atomic mass is 10.0. The number of aromatic nitrogens is 1. The van der Waals surface area contributed by atoms with Crippen molar-refractivity contribution in [2.24, 2.45) is 0 Å². The Labute approximate surface area is 110 Å². The second kappa shape index (κ2) is 5.67. The lowest BCUT2D eigenvalue weighted by Gasteiger charge is -2.18. The summed E-state index contributed by atoms with van der Waals surface area (Å²) in [5.74, 6) is 0.428. The minimum Gasteiger partial charge on any atom is -0.496 e. The fourth-order valence-corrected chi connectivity index (χ4v) is 1.89. The molecular formula is C14H14FNO3. The van der Waals surface area contributed by atoms with Gasteiger partial charge in [-0.1, -0.05) is 6.07 Å². The van der Waals surface area contributed by atoms with E-state index in [9.17, 15) is 9.50 Å². The van der Waals surface area contributed by atoms with Gasteiger partial charge in [-0.05, 0) is 18.2 Å². The molecular weight excluding hydrogens is 249 g/mol. The predicted octanol–water partition coefficient (Wildman–Crippen LogP) is 2.32. The van der Waals surface area contributed by atoms with Crippen LogP contribution in [0.2, 0.25) is 0 Å². The van der Waals surface area contributed by atoms with Crippen molar-refractivity contribution in [1.29, 1.82) is 0 Å². The highest BCUT2D eigenvalue weighted by Crippen LogP contribution is 2.37. The van der Waals surface area contributed by atoms with Gasteiger partial charge in [-0.3, -0.25) is 4.98 Å². The Kier molecular flexibility index (Phi) is 3.97. The van der Waals surface area contributed by atoms with Crippen molar-refractivity contribution in [2.45, 2.75) is 6.10 Å². The molecule has 0 saturated carbocycles. The monoisotopic (exact) mass is 263 g/mol. The standard InChI is InChI=1S/C14H14FNO3/c1-18-11-4-3-5-12(19-2)13(11)14(17)9-6-10(15)8-16-7-9/h3-8,14,17H,1-2H3. The number of methoxy groups -OCH3 is 2. The molecule has 0 bridgehead atoms.